The summed E-state index contributed by atoms with van der Waals surface area (Å²) in [5.74, 6) is 0.0538. The van der Waals surface area contributed by atoms with Crippen molar-refractivity contribution >= 4 is 27.5 Å². The molecule has 98 valence electrons. The zero-order valence-corrected chi connectivity index (χ0v) is 11.9. The Morgan fingerprint density at radius 2 is 2.28 bits per heavy atom. The third-order valence-electron chi connectivity index (χ3n) is 3.39. The number of anilines is 1. The molecule has 1 saturated heterocycles. The summed E-state index contributed by atoms with van der Waals surface area (Å²) in [6.07, 6.45) is 0.319. The zero-order chi connectivity index (χ0) is 13.3. The molecule has 0 aliphatic carbocycles. The van der Waals surface area contributed by atoms with Crippen LogP contribution < -0.4 is 5.73 Å². The number of likely N-dealkylation sites (tertiary alicyclic amines) is 1. The molecule has 0 bridgehead atoms. The van der Waals surface area contributed by atoms with Gasteiger partial charge in [-0.3, -0.25) is 4.79 Å². The lowest BCUT2D eigenvalue weighted by Crippen LogP contribution is -2.45. The maximum atomic E-state index is 12.3. The van der Waals surface area contributed by atoms with Crippen LogP contribution in [0.3, 0.4) is 0 Å². The van der Waals surface area contributed by atoms with Crippen molar-refractivity contribution in [3.63, 3.8) is 0 Å². The maximum Gasteiger partial charge on any atom is 0.255 e. The van der Waals surface area contributed by atoms with Crippen LogP contribution in [0.15, 0.2) is 22.7 Å². The minimum Gasteiger partial charge on any atom is -0.398 e. The number of aliphatic hydroxyl groups excluding tert-OH is 1. The second-order valence-electron chi connectivity index (χ2n) is 4.82. The summed E-state index contributed by atoms with van der Waals surface area (Å²) in [7, 11) is 0. The van der Waals surface area contributed by atoms with Crippen LogP contribution in [-0.2, 0) is 0 Å². The molecule has 1 aliphatic rings. The van der Waals surface area contributed by atoms with Crippen molar-refractivity contribution in [2.45, 2.75) is 19.4 Å². The van der Waals surface area contributed by atoms with Gasteiger partial charge in [-0.25, -0.2) is 0 Å². The van der Waals surface area contributed by atoms with E-state index in [4.69, 9.17) is 5.73 Å². The van der Waals surface area contributed by atoms with E-state index in [1.165, 1.54) is 0 Å². The molecule has 4 nitrogen and oxygen atoms in total. The Labute approximate surface area is 115 Å². The van der Waals surface area contributed by atoms with E-state index in [0.717, 1.165) is 4.47 Å². The molecule has 1 aromatic carbocycles. The molecule has 18 heavy (non-hydrogen) atoms. The van der Waals surface area contributed by atoms with Gasteiger partial charge >= 0.3 is 0 Å². The number of carbonyl (C=O) groups excluding carboxylic acids is 1. The normalized spacial score (nSPS) is 24.1. The second kappa shape index (κ2) is 5.28. The molecule has 2 atom stereocenters. The number of aliphatic hydroxyl groups is 1. The van der Waals surface area contributed by atoms with Gasteiger partial charge in [-0.1, -0.05) is 22.9 Å². The average Bonchev–Trinajstić information content (AvgIpc) is 2.32. The lowest BCUT2D eigenvalue weighted by atomic mass is 9.96. The largest absolute Gasteiger partial charge is 0.398 e. The highest BCUT2D eigenvalue weighted by Gasteiger charge is 2.28. The molecule has 3 N–H and O–H groups in total. The van der Waals surface area contributed by atoms with Gasteiger partial charge in [0.15, 0.2) is 0 Å². The summed E-state index contributed by atoms with van der Waals surface area (Å²) in [6, 6.07) is 5.28. The van der Waals surface area contributed by atoms with E-state index in [2.05, 4.69) is 15.9 Å². The van der Waals surface area contributed by atoms with E-state index < -0.39 is 0 Å². The molecular formula is C13H17BrN2O2. The third-order valence-corrected chi connectivity index (χ3v) is 3.88. The molecule has 1 aliphatic heterocycles. The minimum atomic E-state index is -0.309. The predicted molar refractivity (Wildman–Crippen MR) is 74.2 cm³/mol. The Kier molecular flexibility index (Phi) is 3.92. The monoisotopic (exact) mass is 312 g/mol. The Hall–Kier alpha value is -1.07. The summed E-state index contributed by atoms with van der Waals surface area (Å²) in [5.41, 5.74) is 6.87. The van der Waals surface area contributed by atoms with E-state index in [-0.39, 0.29) is 17.9 Å². The van der Waals surface area contributed by atoms with Gasteiger partial charge in [-0.05, 0) is 30.5 Å². The van der Waals surface area contributed by atoms with Gasteiger partial charge in [0.25, 0.3) is 5.91 Å². The molecule has 1 fully saturated rings. The number of piperidine rings is 1. The van der Waals surface area contributed by atoms with Crippen LogP contribution in [0.5, 0.6) is 0 Å². The number of hydrogen-bond acceptors (Lipinski definition) is 3. The van der Waals surface area contributed by atoms with Crippen LogP contribution in [-0.4, -0.2) is 35.1 Å². The average molecular weight is 313 g/mol. The van der Waals surface area contributed by atoms with E-state index in [1.54, 1.807) is 17.0 Å². The van der Waals surface area contributed by atoms with E-state index >= 15 is 0 Å². The van der Waals surface area contributed by atoms with Crippen LogP contribution in [0.2, 0.25) is 0 Å². The number of nitrogens with zero attached hydrogens (tertiary/aromatic N) is 1. The Morgan fingerprint density at radius 3 is 2.89 bits per heavy atom. The molecule has 5 heteroatoms. The van der Waals surface area contributed by atoms with Gasteiger partial charge in [-0.2, -0.15) is 0 Å². The summed E-state index contributed by atoms with van der Waals surface area (Å²) >= 11 is 3.32. The van der Waals surface area contributed by atoms with Crippen LogP contribution in [0, 0.1) is 5.92 Å². The first-order valence-corrected chi connectivity index (χ1v) is 6.80. The number of benzene rings is 1. The molecular weight excluding hydrogens is 296 g/mol. The smallest absolute Gasteiger partial charge is 0.255 e. The van der Waals surface area contributed by atoms with Crippen molar-refractivity contribution in [1.29, 1.82) is 0 Å². The van der Waals surface area contributed by atoms with Crippen molar-refractivity contribution in [3.05, 3.63) is 28.2 Å². The fourth-order valence-corrected chi connectivity index (χ4v) is 2.60. The number of carbonyl (C=O) groups is 1. The van der Waals surface area contributed by atoms with E-state index in [1.807, 2.05) is 13.0 Å². The van der Waals surface area contributed by atoms with Crippen molar-refractivity contribution in [2.24, 2.45) is 5.92 Å². The Morgan fingerprint density at radius 1 is 1.56 bits per heavy atom. The first-order chi connectivity index (χ1) is 8.49. The molecule has 2 unspecified atom stereocenters. The lowest BCUT2D eigenvalue weighted by molar-refractivity contribution is 0.0298. The molecule has 1 amide bonds. The molecule has 0 spiro atoms. The topological polar surface area (TPSA) is 66.6 Å². The van der Waals surface area contributed by atoms with Gasteiger partial charge in [0.05, 0.1) is 11.7 Å². The first-order valence-electron chi connectivity index (χ1n) is 6.01. The third kappa shape index (κ3) is 2.67. The zero-order valence-electron chi connectivity index (χ0n) is 10.3. The fraction of sp³-hybridized carbons (Fsp3) is 0.462. The van der Waals surface area contributed by atoms with Crippen molar-refractivity contribution in [1.82, 2.24) is 4.90 Å². The Balaban J connectivity index is 2.16. The minimum absolute atomic E-state index is 0.0567. The van der Waals surface area contributed by atoms with E-state index in [0.29, 0.717) is 30.8 Å². The Bertz CT molecular complexity index is 464. The summed E-state index contributed by atoms with van der Waals surface area (Å²) < 4.78 is 0.860. The maximum absolute atomic E-state index is 12.3. The number of halogens is 1. The van der Waals surface area contributed by atoms with Gasteiger partial charge in [-0.15, -0.1) is 0 Å². The quantitative estimate of drug-likeness (QED) is 0.778. The number of amides is 1. The molecule has 0 saturated carbocycles. The molecule has 0 radical (unpaired) electrons. The van der Waals surface area contributed by atoms with Crippen molar-refractivity contribution < 1.29 is 9.90 Å². The van der Waals surface area contributed by atoms with Crippen molar-refractivity contribution in [2.75, 3.05) is 18.8 Å². The van der Waals surface area contributed by atoms with Crippen LogP contribution in [0.1, 0.15) is 23.7 Å². The second-order valence-corrected chi connectivity index (χ2v) is 5.73. The van der Waals surface area contributed by atoms with Gasteiger partial charge < -0.3 is 15.7 Å². The van der Waals surface area contributed by atoms with Gasteiger partial charge in [0.2, 0.25) is 0 Å². The van der Waals surface area contributed by atoms with Crippen molar-refractivity contribution in [3.8, 4) is 0 Å². The number of nitrogens with two attached hydrogens (primary N) is 1. The number of hydrogen-bond donors (Lipinski definition) is 2. The van der Waals surface area contributed by atoms with Gasteiger partial charge in [0, 0.05) is 23.2 Å². The number of nitrogen functional groups attached to an aromatic ring is 1. The fourth-order valence-electron chi connectivity index (χ4n) is 2.22. The first kappa shape index (κ1) is 13.4. The van der Waals surface area contributed by atoms with Crippen LogP contribution >= 0.6 is 15.9 Å². The lowest BCUT2D eigenvalue weighted by Gasteiger charge is -2.34. The summed E-state index contributed by atoms with van der Waals surface area (Å²) in [4.78, 5) is 14.1. The molecule has 0 aromatic heterocycles. The van der Waals surface area contributed by atoms with Gasteiger partial charge in [0.1, 0.15) is 0 Å². The number of rotatable bonds is 1. The SMILES string of the molecule is CC1CN(C(=O)c2ccc(Br)cc2N)CCC1O. The summed E-state index contributed by atoms with van der Waals surface area (Å²) in [6.45, 7) is 3.12. The molecule has 1 aromatic rings. The van der Waals surface area contributed by atoms with E-state index in [9.17, 15) is 9.90 Å². The standard InChI is InChI=1S/C13H17BrN2O2/c1-8-7-16(5-4-12(8)17)13(18)10-3-2-9(14)6-11(10)15/h2-3,6,8,12,17H,4-5,7,15H2,1H3. The highest BCUT2D eigenvalue weighted by atomic mass is 79.9. The van der Waals surface area contributed by atoms with Crippen LogP contribution in [0.4, 0.5) is 5.69 Å². The highest BCUT2D eigenvalue weighted by molar-refractivity contribution is 9.10. The predicted octanol–water partition coefficient (Wildman–Crippen LogP) is 1.87. The highest BCUT2D eigenvalue weighted by Crippen LogP contribution is 2.23. The van der Waals surface area contributed by atoms with Crippen LogP contribution in [0.25, 0.3) is 0 Å². The molecule has 2 rings (SSSR count). The molecule has 1 heterocycles. The summed E-state index contributed by atoms with van der Waals surface area (Å²) in [5, 5.41) is 9.67.